The Hall–Kier alpha value is -8.35. The summed E-state index contributed by atoms with van der Waals surface area (Å²) in [6, 6.07) is 15.8. The Morgan fingerprint density at radius 3 is 1.76 bits per heavy atom. The van der Waals surface area contributed by atoms with Crippen LogP contribution in [-0.2, 0) is 89.5 Å². The number of nitrogens with one attached hydrogen (secondary N) is 4. The molecular weight excluding hydrogens is 1440 g/mol. The second-order valence-corrected chi connectivity index (χ2v) is 29.4. The van der Waals surface area contributed by atoms with Gasteiger partial charge >= 0.3 is 48.9 Å². The number of carbonyl (C=O) groups excluding carboxylic acids is 4. The molecule has 0 spiro atoms. The Morgan fingerprint density at radius 2 is 1.18 bits per heavy atom. The number of aromatic amines is 2. The van der Waals surface area contributed by atoms with Gasteiger partial charge in [-0.2, -0.15) is 13.6 Å². The number of nitrogens with zero attached hydrogens (tertiary/aromatic N) is 10. The van der Waals surface area contributed by atoms with E-state index in [1.807, 2.05) is 0 Å². The highest BCUT2D eigenvalue weighted by atomic mass is 31.3. The van der Waals surface area contributed by atoms with Gasteiger partial charge in [0.2, 0.25) is 17.7 Å². The van der Waals surface area contributed by atoms with Crippen LogP contribution < -0.4 is 32.1 Å². The third-order valence-electron chi connectivity index (χ3n) is 15.7. The topological polar surface area (TPSA) is 581 Å². The third kappa shape index (κ3) is 16.3. The lowest BCUT2D eigenvalue weighted by atomic mass is 10.1. The minimum absolute atomic E-state index is 0.0104. The highest BCUT2D eigenvalue weighted by molar-refractivity contribution is 7.66. The summed E-state index contributed by atoms with van der Waals surface area (Å²) in [5.41, 5.74) is 3.74. The number of esters is 2. The van der Waals surface area contributed by atoms with Gasteiger partial charge in [-0.3, -0.25) is 75.8 Å². The van der Waals surface area contributed by atoms with Crippen LogP contribution in [0.4, 0.5) is 17.7 Å². The van der Waals surface area contributed by atoms with Gasteiger partial charge in [0.05, 0.1) is 50.9 Å². The zero-order valence-electron chi connectivity index (χ0n) is 54.0. The number of fused-ring (bicyclic) bond motifs is 3. The fourth-order valence-corrected chi connectivity index (χ4v) is 15.3. The van der Waals surface area contributed by atoms with Crippen LogP contribution in [-0.4, -0.2) is 189 Å². The number of nitrogens with two attached hydrogens (primary N) is 1. The summed E-state index contributed by atoms with van der Waals surface area (Å²) in [6.07, 6.45) is -16.8. The number of amides is 2. The van der Waals surface area contributed by atoms with Gasteiger partial charge in [0, 0.05) is 18.2 Å². The van der Waals surface area contributed by atoms with Crippen LogP contribution in [0.15, 0.2) is 95.6 Å². The minimum atomic E-state index is -6.33. The largest absolute Gasteiger partial charge is 0.490 e. The number of carbonyl (C=O) groups is 4. The van der Waals surface area contributed by atoms with Crippen LogP contribution >= 0.6 is 31.3 Å². The number of imidazole rings is 3. The number of phosphoric ester groups is 3. The summed E-state index contributed by atoms with van der Waals surface area (Å²) >= 11 is 0. The van der Waals surface area contributed by atoms with Crippen molar-refractivity contribution in [1.82, 2.24) is 53.6 Å². The van der Waals surface area contributed by atoms with Gasteiger partial charge in [-0.05, 0) is 31.2 Å². The molecule has 47 heteroatoms. The quantitative estimate of drug-likeness (QED) is 0.0188. The average Bonchev–Trinajstić information content (AvgIpc) is 1.61. The van der Waals surface area contributed by atoms with Crippen LogP contribution in [0.3, 0.4) is 0 Å². The van der Waals surface area contributed by atoms with Gasteiger partial charge < -0.3 is 69.3 Å². The molecular formula is C55H66N15O28P4+. The van der Waals surface area contributed by atoms with Gasteiger partial charge in [-0.15, -0.1) is 0 Å². The number of hydrogen-bond acceptors (Lipinski definition) is 31. The summed E-state index contributed by atoms with van der Waals surface area (Å²) in [6.45, 7) is 4.09. The number of aromatic nitrogens is 12. The van der Waals surface area contributed by atoms with E-state index < -0.39 is 171 Å². The number of H-pyrrole nitrogens is 2. The molecule has 2 amide bonds. The molecule has 3 aliphatic rings. The van der Waals surface area contributed by atoms with Gasteiger partial charge in [-0.1, -0.05) is 69.1 Å². The first-order valence-corrected chi connectivity index (χ1v) is 36.5. The molecule has 6 aromatic heterocycles. The smallest absolute Gasteiger partial charge is 0.455 e. The Kier molecular flexibility index (Phi) is 22.1. The van der Waals surface area contributed by atoms with Crippen LogP contribution in [0.25, 0.3) is 33.5 Å². The van der Waals surface area contributed by atoms with E-state index in [1.54, 1.807) is 43.3 Å². The Morgan fingerprint density at radius 1 is 0.637 bits per heavy atom. The van der Waals surface area contributed by atoms with Crippen LogP contribution in [0.2, 0.25) is 0 Å². The summed E-state index contributed by atoms with van der Waals surface area (Å²) in [7, 11) is -23.1. The van der Waals surface area contributed by atoms with Crippen molar-refractivity contribution in [2.75, 3.05) is 43.3 Å². The van der Waals surface area contributed by atoms with E-state index in [2.05, 4.69) is 59.1 Å². The van der Waals surface area contributed by atoms with Gasteiger partial charge in [0.25, 0.3) is 28.9 Å². The van der Waals surface area contributed by atoms with E-state index in [9.17, 15) is 76.8 Å². The molecule has 0 bridgehead atoms. The fraction of sp³-hybridized carbons (Fsp3) is 0.436. The lowest BCUT2D eigenvalue weighted by Gasteiger charge is -2.27. The van der Waals surface area contributed by atoms with Crippen molar-refractivity contribution in [2.45, 2.75) is 115 Å². The van der Waals surface area contributed by atoms with Gasteiger partial charge in [0.15, 0.2) is 59.1 Å². The molecule has 3 saturated heterocycles. The van der Waals surface area contributed by atoms with Gasteiger partial charge in [0.1, 0.15) is 49.1 Å². The normalized spacial score (nSPS) is 25.3. The second kappa shape index (κ2) is 30.2. The summed E-state index contributed by atoms with van der Waals surface area (Å²) in [4.78, 5) is 154. The average molecular weight is 1510 g/mol. The number of rotatable bonds is 28. The number of nitrogen functional groups attached to an aromatic ring is 1. The lowest BCUT2D eigenvalue weighted by molar-refractivity contribution is -0.746. The molecule has 3 fully saturated rings. The number of ether oxygens (including phenoxy) is 6. The highest BCUT2D eigenvalue weighted by Gasteiger charge is 2.56. The monoisotopic (exact) mass is 1510 g/mol. The molecule has 6 unspecified atom stereocenters. The molecule has 11 rings (SSSR count). The Balaban J connectivity index is 0.837. The predicted octanol–water partition coefficient (Wildman–Crippen LogP) is 1.53. The number of anilines is 3. The lowest BCUT2D eigenvalue weighted by Crippen LogP contribution is -2.46. The minimum Gasteiger partial charge on any atom is -0.455 e. The third-order valence-corrected chi connectivity index (χ3v) is 20.9. The molecule has 102 heavy (non-hydrogen) atoms. The molecule has 0 aliphatic carbocycles. The number of phosphoric acid groups is 4. The standard InChI is InChI=1S/C55H65N15O28P4/c1-7-67-24-70(44-34(67)48(76)64-54(56)62-44)49-36(72)35(71)29(91-49)18-89-100(81,82)97-102(85,86)98-101(83,84)90-20-31-38(39(87-6)50(93-31)68-22-59-32-41(57-21-58-42(32)68)61-45(73)27-14-10-8-11-15-27)96-99(79,80)88-19-30-37(94-52(77)25(2)3)40(95-53(78)26(4)5)51(92-30)69-23-60-33-43(69)63-55(66-47(33)75)65-46(74)28-16-12-9-13-17-28/h8-17,21-26,29-31,35-40,49-51,71-72H,7,18-20H2,1-6H3,(H9-,56,57,58,61,62,63,64,65,66,73,74,75,76,79,80,81,82,83,84,85,86)/p+1/t29-,30?,31?,35-,36-,37-,38-,39-,40-,49-,50-,51-/m1/s1. The second-order valence-electron chi connectivity index (χ2n) is 23.3. The van der Waals surface area contributed by atoms with E-state index in [0.717, 1.165) is 39.8 Å². The maximum atomic E-state index is 14.6. The van der Waals surface area contributed by atoms with E-state index in [4.69, 9.17) is 52.2 Å². The van der Waals surface area contributed by atoms with Crippen LogP contribution in [0, 0.1) is 11.8 Å². The fourth-order valence-electron chi connectivity index (χ4n) is 10.9. The molecule has 0 saturated carbocycles. The van der Waals surface area contributed by atoms with Crippen molar-refractivity contribution in [3.63, 3.8) is 0 Å². The SMILES string of the molecule is CCn1c[n+]([C@@H]2O[C@H](COP(=O)(O)OP(=O)(O)OP(=O)(O)OCC3O[C@@H](n4cnc5c(NC(=O)c6ccccc6)ncnc54)[C@H](OC)[C@@H]3OP(=O)(O)OCC3O[C@@H](n4cnc5c(=O)[nH]c(NC(=O)c6ccccc6)nc54)[C@H](OC(=O)C(C)C)[C@@H]3OC(=O)C(C)C)[C@@H](O)[C@H]2O)c2nc(N)[nH]c(=O)c21. The number of aliphatic hydroxyl groups excluding tert-OH is 2. The van der Waals surface area contributed by atoms with Crippen molar-refractivity contribution < 1.29 is 127 Å². The van der Waals surface area contributed by atoms with E-state index in [-0.39, 0.29) is 68.9 Å². The molecule has 16 atom stereocenters. The van der Waals surface area contributed by atoms with Gasteiger partial charge in [-0.25, -0.2) is 42.8 Å². The number of benzene rings is 2. The number of aryl methyl sites for hydroxylation is 1. The summed E-state index contributed by atoms with van der Waals surface area (Å²) in [5.74, 6) is -5.60. The zero-order chi connectivity index (χ0) is 73.5. The predicted molar refractivity (Wildman–Crippen MR) is 341 cm³/mol. The molecule has 0 radical (unpaired) electrons. The van der Waals surface area contributed by atoms with E-state index in [1.165, 1.54) is 62.9 Å². The van der Waals surface area contributed by atoms with Crippen molar-refractivity contribution in [3.05, 3.63) is 118 Å². The van der Waals surface area contributed by atoms with Crippen molar-refractivity contribution in [3.8, 4) is 0 Å². The van der Waals surface area contributed by atoms with Crippen molar-refractivity contribution in [1.29, 1.82) is 0 Å². The first-order chi connectivity index (χ1) is 48.2. The Bertz CT molecular complexity index is 4790. The zero-order valence-corrected chi connectivity index (χ0v) is 57.6. The molecule has 2 aromatic carbocycles. The van der Waals surface area contributed by atoms with E-state index in [0.29, 0.717) is 0 Å². The van der Waals surface area contributed by atoms with E-state index >= 15 is 0 Å². The Labute approximate surface area is 572 Å². The number of methoxy groups -OCH3 is 1. The number of hydrogen-bond donors (Lipinski definition) is 11. The molecule has 43 nitrogen and oxygen atoms in total. The first-order valence-electron chi connectivity index (χ1n) is 30.5. The summed E-state index contributed by atoms with van der Waals surface area (Å²) in [5, 5.41) is 27.0. The van der Waals surface area contributed by atoms with Crippen LogP contribution in [0.5, 0.6) is 0 Å². The van der Waals surface area contributed by atoms with Crippen LogP contribution in [0.1, 0.15) is 74.0 Å². The molecule has 548 valence electrons. The maximum absolute atomic E-state index is 14.6. The van der Waals surface area contributed by atoms with Crippen molar-refractivity contribution in [2.24, 2.45) is 11.8 Å². The highest BCUT2D eigenvalue weighted by Crippen LogP contribution is 2.68. The molecule has 8 aromatic rings. The first kappa shape index (κ1) is 74.8. The number of aliphatic hydroxyl groups is 2. The molecule has 9 heterocycles. The maximum Gasteiger partial charge on any atom is 0.490 e. The summed E-state index contributed by atoms with van der Waals surface area (Å²) < 4.78 is 125. The molecule has 12 N–H and O–H groups in total. The molecule has 3 aliphatic heterocycles. The van der Waals surface area contributed by atoms with Crippen molar-refractivity contribution >= 4 is 106 Å².